The van der Waals surface area contributed by atoms with Crippen LogP contribution in [0, 0.1) is 5.92 Å². The highest BCUT2D eigenvalue weighted by Gasteiger charge is 2.14. The number of hydrogen-bond acceptors (Lipinski definition) is 3. The van der Waals surface area contributed by atoms with Crippen molar-refractivity contribution in [3.05, 3.63) is 0 Å². The van der Waals surface area contributed by atoms with E-state index in [0.29, 0.717) is 0 Å². The van der Waals surface area contributed by atoms with Crippen LogP contribution >= 0.6 is 0 Å². The zero-order valence-corrected chi connectivity index (χ0v) is 6.51. The summed E-state index contributed by atoms with van der Waals surface area (Å²) in [5.74, 6) is -0.615. The second kappa shape index (κ2) is 4.04. The van der Waals surface area contributed by atoms with Crippen molar-refractivity contribution >= 4 is 11.8 Å². The maximum absolute atomic E-state index is 10.7. The lowest BCUT2D eigenvalue weighted by Crippen LogP contribution is -2.15. The third-order valence-electron chi connectivity index (χ3n) is 1.20. The molecule has 0 aliphatic carbocycles. The van der Waals surface area contributed by atoms with E-state index in [0.717, 1.165) is 0 Å². The lowest BCUT2D eigenvalue weighted by molar-refractivity contribution is -0.146. The van der Waals surface area contributed by atoms with Gasteiger partial charge in [0.25, 0.3) is 0 Å². The fourth-order valence-corrected chi connectivity index (χ4v) is 0.716. The molecule has 0 amide bonds. The van der Waals surface area contributed by atoms with Gasteiger partial charge in [0.15, 0.2) is 0 Å². The molecule has 3 nitrogen and oxygen atoms in total. The molecular formula is C7H12O3. The standard InChI is InChI=1S/C7H12O3/c1-5(4-6(2)8)7(9)10-3/h5H,4H2,1-3H3/t5-/m1/s1. The Balaban J connectivity index is 3.72. The van der Waals surface area contributed by atoms with Gasteiger partial charge >= 0.3 is 5.97 Å². The molecule has 0 unspecified atom stereocenters. The van der Waals surface area contributed by atoms with Crippen LogP contribution in [-0.2, 0) is 14.3 Å². The first-order valence-corrected chi connectivity index (χ1v) is 3.15. The Kier molecular flexibility index (Phi) is 3.69. The van der Waals surface area contributed by atoms with E-state index in [1.54, 1.807) is 6.92 Å². The molecule has 58 valence electrons. The predicted molar refractivity (Wildman–Crippen MR) is 36.5 cm³/mol. The Morgan fingerprint density at radius 2 is 2.00 bits per heavy atom. The van der Waals surface area contributed by atoms with Gasteiger partial charge in [0.1, 0.15) is 5.78 Å². The summed E-state index contributed by atoms with van der Waals surface area (Å²) in [6.07, 6.45) is 0.271. The van der Waals surface area contributed by atoms with Crippen LogP contribution in [0.4, 0.5) is 0 Å². The lowest BCUT2D eigenvalue weighted by Gasteiger charge is -2.04. The van der Waals surface area contributed by atoms with Crippen LogP contribution in [0.2, 0.25) is 0 Å². The van der Waals surface area contributed by atoms with Crippen LogP contribution in [0.15, 0.2) is 0 Å². The zero-order chi connectivity index (χ0) is 8.15. The van der Waals surface area contributed by atoms with Crippen LogP contribution in [0.3, 0.4) is 0 Å². The fraction of sp³-hybridized carbons (Fsp3) is 0.714. The molecular weight excluding hydrogens is 132 g/mol. The number of Topliss-reactive ketones (excluding diaryl/α,β-unsaturated/α-hetero) is 1. The summed E-state index contributed by atoms with van der Waals surface area (Å²) in [5, 5.41) is 0. The average molecular weight is 144 g/mol. The largest absolute Gasteiger partial charge is 0.469 e. The van der Waals surface area contributed by atoms with Gasteiger partial charge in [-0.2, -0.15) is 0 Å². The number of hydrogen-bond donors (Lipinski definition) is 0. The van der Waals surface area contributed by atoms with Crippen LogP contribution in [0.5, 0.6) is 0 Å². The van der Waals surface area contributed by atoms with Gasteiger partial charge in [-0.1, -0.05) is 6.92 Å². The maximum Gasteiger partial charge on any atom is 0.308 e. The quantitative estimate of drug-likeness (QED) is 0.549. The van der Waals surface area contributed by atoms with E-state index in [2.05, 4.69) is 4.74 Å². The summed E-state index contributed by atoms with van der Waals surface area (Å²) in [5.41, 5.74) is 0. The van der Waals surface area contributed by atoms with Crippen molar-refractivity contribution < 1.29 is 14.3 Å². The Labute approximate surface area is 60.4 Å². The molecule has 0 saturated carbocycles. The van der Waals surface area contributed by atoms with Gasteiger partial charge in [-0.3, -0.25) is 4.79 Å². The molecule has 0 spiro atoms. The number of carbonyl (C=O) groups is 2. The molecule has 0 bridgehead atoms. The second-order valence-corrected chi connectivity index (χ2v) is 2.33. The summed E-state index contributed by atoms with van der Waals surface area (Å²) in [6, 6.07) is 0. The van der Waals surface area contributed by atoms with Gasteiger partial charge in [-0.25, -0.2) is 0 Å². The minimum absolute atomic E-state index is 0.0119. The highest BCUT2D eigenvalue weighted by Crippen LogP contribution is 2.03. The smallest absolute Gasteiger partial charge is 0.308 e. The zero-order valence-electron chi connectivity index (χ0n) is 6.51. The Morgan fingerprint density at radius 1 is 1.50 bits per heavy atom. The van der Waals surface area contributed by atoms with Gasteiger partial charge < -0.3 is 9.53 Å². The average Bonchev–Trinajstić information content (AvgIpc) is 1.85. The van der Waals surface area contributed by atoms with E-state index in [1.165, 1.54) is 14.0 Å². The van der Waals surface area contributed by atoms with Crippen molar-refractivity contribution in [2.75, 3.05) is 7.11 Å². The minimum atomic E-state index is -0.324. The summed E-state index contributed by atoms with van der Waals surface area (Å²) in [7, 11) is 1.32. The molecule has 0 N–H and O–H groups in total. The third kappa shape index (κ3) is 3.22. The number of ketones is 1. The van der Waals surface area contributed by atoms with Gasteiger partial charge in [-0.15, -0.1) is 0 Å². The van der Waals surface area contributed by atoms with Crippen LogP contribution in [0.1, 0.15) is 20.3 Å². The first kappa shape index (κ1) is 9.14. The summed E-state index contributed by atoms with van der Waals surface area (Å²) < 4.78 is 4.42. The molecule has 1 atom stereocenters. The molecule has 0 radical (unpaired) electrons. The maximum atomic E-state index is 10.7. The van der Waals surface area contributed by atoms with Crippen molar-refractivity contribution in [3.8, 4) is 0 Å². The Hall–Kier alpha value is -0.860. The highest BCUT2D eigenvalue weighted by molar-refractivity contribution is 5.82. The highest BCUT2D eigenvalue weighted by atomic mass is 16.5. The first-order chi connectivity index (χ1) is 4.57. The molecule has 0 fully saturated rings. The summed E-state index contributed by atoms with van der Waals surface area (Å²) >= 11 is 0. The van der Waals surface area contributed by atoms with Gasteiger partial charge in [-0.05, 0) is 6.92 Å². The Bertz CT molecular complexity index is 140. The van der Waals surface area contributed by atoms with Crippen molar-refractivity contribution in [3.63, 3.8) is 0 Å². The van der Waals surface area contributed by atoms with Crippen molar-refractivity contribution in [2.45, 2.75) is 20.3 Å². The molecule has 0 aromatic heterocycles. The van der Waals surface area contributed by atoms with Crippen LogP contribution in [0.25, 0.3) is 0 Å². The lowest BCUT2D eigenvalue weighted by atomic mass is 10.1. The SMILES string of the molecule is COC(=O)[C@H](C)CC(C)=O. The molecule has 0 rings (SSSR count). The molecule has 0 saturated heterocycles. The van der Waals surface area contributed by atoms with Crippen molar-refractivity contribution in [1.82, 2.24) is 0 Å². The molecule has 0 aromatic rings. The summed E-state index contributed by atoms with van der Waals surface area (Å²) in [6.45, 7) is 3.13. The number of rotatable bonds is 3. The fourth-order valence-electron chi connectivity index (χ4n) is 0.716. The molecule has 0 aromatic carbocycles. The van der Waals surface area contributed by atoms with E-state index in [-0.39, 0.29) is 24.1 Å². The van der Waals surface area contributed by atoms with E-state index < -0.39 is 0 Å². The van der Waals surface area contributed by atoms with Gasteiger partial charge in [0.2, 0.25) is 0 Å². The molecule has 0 aliphatic heterocycles. The Morgan fingerprint density at radius 3 is 2.30 bits per heavy atom. The van der Waals surface area contributed by atoms with Gasteiger partial charge in [0.05, 0.1) is 13.0 Å². The number of ether oxygens (including phenoxy) is 1. The monoisotopic (exact) mass is 144 g/mol. The molecule has 10 heavy (non-hydrogen) atoms. The summed E-state index contributed by atoms with van der Waals surface area (Å²) in [4.78, 5) is 21.1. The first-order valence-electron chi connectivity index (χ1n) is 3.15. The topological polar surface area (TPSA) is 43.4 Å². The van der Waals surface area contributed by atoms with Crippen LogP contribution in [-0.4, -0.2) is 18.9 Å². The normalized spacial score (nSPS) is 12.3. The number of carbonyl (C=O) groups excluding carboxylic acids is 2. The number of esters is 1. The van der Waals surface area contributed by atoms with E-state index >= 15 is 0 Å². The molecule has 0 aliphatic rings. The second-order valence-electron chi connectivity index (χ2n) is 2.33. The third-order valence-corrected chi connectivity index (χ3v) is 1.20. The molecule has 3 heteroatoms. The minimum Gasteiger partial charge on any atom is -0.469 e. The van der Waals surface area contributed by atoms with Gasteiger partial charge in [0, 0.05) is 6.42 Å². The van der Waals surface area contributed by atoms with E-state index in [4.69, 9.17) is 0 Å². The molecule has 0 heterocycles. The van der Waals surface area contributed by atoms with Crippen LogP contribution < -0.4 is 0 Å². The van der Waals surface area contributed by atoms with Crippen molar-refractivity contribution in [2.24, 2.45) is 5.92 Å². The van der Waals surface area contributed by atoms with Crippen molar-refractivity contribution in [1.29, 1.82) is 0 Å². The number of methoxy groups -OCH3 is 1. The van der Waals surface area contributed by atoms with E-state index in [1.807, 2.05) is 0 Å². The predicted octanol–water partition coefficient (Wildman–Crippen LogP) is 0.775. The van der Waals surface area contributed by atoms with E-state index in [9.17, 15) is 9.59 Å².